The molecule has 1 aliphatic rings. The van der Waals surface area contributed by atoms with Crippen molar-refractivity contribution in [2.45, 2.75) is 58.8 Å². The van der Waals surface area contributed by atoms with Gasteiger partial charge in [-0.15, -0.1) is 0 Å². The molecule has 124 valence electrons. The fourth-order valence-corrected chi connectivity index (χ4v) is 3.67. The third-order valence-corrected chi connectivity index (χ3v) is 4.97. The average Bonchev–Trinajstić information content (AvgIpc) is 2.70. The minimum Gasteiger partial charge on any atom is -0.351 e. The maximum absolute atomic E-state index is 12.6. The lowest BCUT2D eigenvalue weighted by Crippen LogP contribution is -2.27. The summed E-state index contributed by atoms with van der Waals surface area (Å²) in [7, 11) is 0. The number of hydrogen-bond acceptors (Lipinski definition) is 2. The molecule has 0 bridgehead atoms. The van der Waals surface area contributed by atoms with Crippen LogP contribution in [0.5, 0.6) is 0 Å². The van der Waals surface area contributed by atoms with Gasteiger partial charge in [0.1, 0.15) is 11.3 Å². The Balaban J connectivity index is 1.64. The topological polar surface area (TPSA) is 46.4 Å². The molecule has 4 nitrogen and oxygen atoms in total. The monoisotopic (exact) mass is 313 g/mol. The van der Waals surface area contributed by atoms with Crippen molar-refractivity contribution in [1.82, 2.24) is 14.7 Å². The van der Waals surface area contributed by atoms with E-state index in [0.717, 1.165) is 35.8 Å². The Morgan fingerprint density at radius 3 is 2.70 bits per heavy atom. The van der Waals surface area contributed by atoms with Crippen molar-refractivity contribution in [2.75, 3.05) is 6.54 Å². The number of pyridine rings is 1. The van der Waals surface area contributed by atoms with Gasteiger partial charge in [-0.1, -0.05) is 44.6 Å². The van der Waals surface area contributed by atoms with Gasteiger partial charge in [-0.25, -0.2) is 4.98 Å². The summed E-state index contributed by atoms with van der Waals surface area (Å²) in [4.78, 5) is 17.1. The number of carbonyl (C=O) groups is 1. The molecule has 0 unspecified atom stereocenters. The van der Waals surface area contributed by atoms with Crippen LogP contribution in [-0.2, 0) is 0 Å². The van der Waals surface area contributed by atoms with Crippen LogP contribution in [0.4, 0.5) is 0 Å². The largest absolute Gasteiger partial charge is 0.351 e. The number of fused-ring (bicyclic) bond motifs is 1. The van der Waals surface area contributed by atoms with Gasteiger partial charge in [0, 0.05) is 12.7 Å². The molecule has 2 aromatic rings. The van der Waals surface area contributed by atoms with Crippen LogP contribution in [0.3, 0.4) is 0 Å². The van der Waals surface area contributed by atoms with Crippen LogP contribution in [0.2, 0.25) is 0 Å². The Labute approximate surface area is 138 Å². The molecule has 4 heteroatoms. The Kier molecular flexibility index (Phi) is 4.99. The van der Waals surface area contributed by atoms with Gasteiger partial charge in [0.15, 0.2) is 0 Å². The summed E-state index contributed by atoms with van der Waals surface area (Å²) in [6, 6.07) is 3.99. The number of carbonyl (C=O) groups excluding carboxylic acids is 1. The molecular weight excluding hydrogens is 286 g/mol. The van der Waals surface area contributed by atoms with Crippen molar-refractivity contribution in [3.05, 3.63) is 35.3 Å². The van der Waals surface area contributed by atoms with Crippen LogP contribution in [0, 0.1) is 19.8 Å². The summed E-state index contributed by atoms with van der Waals surface area (Å²) in [5, 5.41) is 3.11. The molecule has 2 aromatic heterocycles. The van der Waals surface area contributed by atoms with Gasteiger partial charge in [-0.3, -0.25) is 9.20 Å². The van der Waals surface area contributed by atoms with Crippen LogP contribution in [0.15, 0.2) is 18.3 Å². The summed E-state index contributed by atoms with van der Waals surface area (Å²) >= 11 is 0. The van der Waals surface area contributed by atoms with Crippen LogP contribution in [0.1, 0.15) is 66.7 Å². The molecule has 23 heavy (non-hydrogen) atoms. The second-order valence-corrected chi connectivity index (χ2v) is 6.88. The van der Waals surface area contributed by atoms with Gasteiger partial charge >= 0.3 is 0 Å². The van der Waals surface area contributed by atoms with E-state index in [1.54, 1.807) is 0 Å². The first-order chi connectivity index (χ1) is 11.1. The molecule has 1 amide bonds. The second-order valence-electron chi connectivity index (χ2n) is 6.88. The molecule has 0 saturated heterocycles. The highest BCUT2D eigenvalue weighted by atomic mass is 16.1. The Morgan fingerprint density at radius 1 is 1.22 bits per heavy atom. The van der Waals surface area contributed by atoms with E-state index in [2.05, 4.69) is 10.3 Å². The molecule has 0 spiro atoms. The zero-order valence-corrected chi connectivity index (χ0v) is 14.3. The van der Waals surface area contributed by atoms with Gasteiger partial charge in [0.2, 0.25) is 0 Å². The van der Waals surface area contributed by atoms with Crippen LogP contribution in [0.25, 0.3) is 5.65 Å². The van der Waals surface area contributed by atoms with E-state index in [-0.39, 0.29) is 5.91 Å². The number of nitrogens with one attached hydrogen (secondary N) is 1. The van der Waals surface area contributed by atoms with Crippen molar-refractivity contribution in [3.8, 4) is 0 Å². The molecule has 1 aliphatic carbocycles. The molecule has 1 saturated carbocycles. The minimum atomic E-state index is -0.00535. The zero-order chi connectivity index (χ0) is 16.2. The summed E-state index contributed by atoms with van der Waals surface area (Å²) in [5.74, 6) is 0.776. The lowest BCUT2D eigenvalue weighted by molar-refractivity contribution is 0.0944. The summed E-state index contributed by atoms with van der Waals surface area (Å²) < 4.78 is 1.91. The van der Waals surface area contributed by atoms with Gasteiger partial charge in [-0.05, 0) is 37.8 Å². The highest BCUT2D eigenvalue weighted by molar-refractivity contribution is 5.94. The number of nitrogens with zero attached hydrogens (tertiary/aromatic N) is 2. The SMILES string of the molecule is Cc1ccc2nc(C)c(C(=O)NCCC3CCCCCC3)n2c1. The molecule has 0 aromatic carbocycles. The molecule has 0 aliphatic heterocycles. The number of hydrogen-bond donors (Lipinski definition) is 1. The quantitative estimate of drug-likeness (QED) is 0.866. The predicted octanol–water partition coefficient (Wildman–Crippen LogP) is 4.04. The Bertz CT molecular complexity index is 681. The maximum Gasteiger partial charge on any atom is 0.270 e. The van der Waals surface area contributed by atoms with E-state index in [4.69, 9.17) is 0 Å². The first-order valence-corrected chi connectivity index (χ1v) is 8.88. The lowest BCUT2D eigenvalue weighted by Gasteiger charge is -2.14. The van der Waals surface area contributed by atoms with Crippen molar-refractivity contribution in [1.29, 1.82) is 0 Å². The van der Waals surface area contributed by atoms with Gasteiger partial charge in [0.25, 0.3) is 5.91 Å². The second kappa shape index (κ2) is 7.16. The van der Waals surface area contributed by atoms with Crippen LogP contribution >= 0.6 is 0 Å². The van der Waals surface area contributed by atoms with Gasteiger partial charge < -0.3 is 5.32 Å². The zero-order valence-electron chi connectivity index (χ0n) is 14.3. The van der Waals surface area contributed by atoms with Crippen molar-refractivity contribution in [3.63, 3.8) is 0 Å². The normalized spacial score (nSPS) is 16.4. The number of amides is 1. The standard InChI is InChI=1S/C19H27N3O/c1-14-9-10-17-21-15(2)18(22(17)13-14)19(23)20-12-11-16-7-5-3-4-6-8-16/h9-10,13,16H,3-8,11-12H2,1-2H3,(H,20,23). The van der Waals surface area contributed by atoms with Crippen LogP contribution in [-0.4, -0.2) is 21.8 Å². The number of aryl methyl sites for hydroxylation is 2. The molecule has 0 radical (unpaired) electrons. The third kappa shape index (κ3) is 3.74. The van der Waals surface area contributed by atoms with Crippen molar-refractivity contribution < 1.29 is 4.79 Å². The average molecular weight is 313 g/mol. The first-order valence-electron chi connectivity index (χ1n) is 8.88. The fourth-order valence-electron chi connectivity index (χ4n) is 3.67. The molecule has 3 rings (SSSR count). The van der Waals surface area contributed by atoms with E-state index >= 15 is 0 Å². The Hall–Kier alpha value is -1.84. The summed E-state index contributed by atoms with van der Waals surface area (Å²) in [6.45, 7) is 4.70. The number of aromatic nitrogens is 2. The van der Waals surface area contributed by atoms with Gasteiger partial charge in [-0.2, -0.15) is 0 Å². The van der Waals surface area contributed by atoms with Crippen LogP contribution < -0.4 is 5.32 Å². The smallest absolute Gasteiger partial charge is 0.270 e. The number of rotatable bonds is 4. The summed E-state index contributed by atoms with van der Waals surface area (Å²) in [5.41, 5.74) is 3.43. The fraction of sp³-hybridized carbons (Fsp3) is 0.579. The van der Waals surface area contributed by atoms with E-state index in [0.29, 0.717) is 5.69 Å². The Morgan fingerprint density at radius 2 is 1.96 bits per heavy atom. The molecule has 1 fully saturated rings. The van der Waals surface area contributed by atoms with E-state index in [9.17, 15) is 4.79 Å². The minimum absolute atomic E-state index is 0.00535. The molecule has 0 atom stereocenters. The first kappa shape index (κ1) is 16.0. The maximum atomic E-state index is 12.6. The number of imidazole rings is 1. The molecular formula is C19H27N3O. The summed E-state index contributed by atoms with van der Waals surface area (Å²) in [6.07, 6.45) is 11.2. The predicted molar refractivity (Wildman–Crippen MR) is 92.8 cm³/mol. The molecule has 2 heterocycles. The van der Waals surface area contributed by atoms with E-state index in [1.165, 1.54) is 38.5 Å². The molecule has 1 N–H and O–H groups in total. The highest BCUT2D eigenvalue weighted by Crippen LogP contribution is 2.25. The van der Waals surface area contributed by atoms with Gasteiger partial charge in [0.05, 0.1) is 5.69 Å². The lowest BCUT2D eigenvalue weighted by atomic mass is 9.97. The van der Waals surface area contributed by atoms with E-state index in [1.807, 2.05) is 36.6 Å². The third-order valence-electron chi connectivity index (χ3n) is 4.97. The van der Waals surface area contributed by atoms with Crippen molar-refractivity contribution >= 4 is 11.6 Å². The van der Waals surface area contributed by atoms with E-state index < -0.39 is 0 Å². The van der Waals surface area contributed by atoms with Crippen molar-refractivity contribution in [2.24, 2.45) is 5.92 Å². The highest BCUT2D eigenvalue weighted by Gasteiger charge is 2.17.